The van der Waals surface area contributed by atoms with E-state index < -0.39 is 0 Å². The highest BCUT2D eigenvalue weighted by molar-refractivity contribution is 9.10. The molecule has 0 aromatic heterocycles. The van der Waals surface area contributed by atoms with E-state index in [0.717, 1.165) is 42.6 Å². The first-order chi connectivity index (χ1) is 8.74. The number of carbonyl (C=O) groups is 1. The van der Waals surface area contributed by atoms with E-state index in [-0.39, 0.29) is 0 Å². The van der Waals surface area contributed by atoms with Crippen LogP contribution in [0.15, 0.2) is 28.7 Å². The van der Waals surface area contributed by atoms with E-state index in [1.54, 1.807) is 0 Å². The van der Waals surface area contributed by atoms with E-state index >= 15 is 0 Å². The molecule has 1 saturated heterocycles. The Balaban J connectivity index is 1.84. The first-order valence-electron chi connectivity index (χ1n) is 6.43. The summed E-state index contributed by atoms with van der Waals surface area (Å²) in [6.45, 7) is 4.64. The number of hydrogen-bond donors (Lipinski definition) is 1. The van der Waals surface area contributed by atoms with Gasteiger partial charge in [0.2, 0.25) is 0 Å². The molecule has 4 heteroatoms. The molecule has 18 heavy (non-hydrogen) atoms. The minimum absolute atomic E-state index is 0.301. The molecule has 1 aliphatic heterocycles. The van der Waals surface area contributed by atoms with Crippen molar-refractivity contribution in [3.8, 4) is 0 Å². The Bertz CT molecular complexity index is 401. The van der Waals surface area contributed by atoms with Crippen molar-refractivity contribution in [3.63, 3.8) is 0 Å². The molecule has 1 N–H and O–H groups in total. The summed E-state index contributed by atoms with van der Waals surface area (Å²) in [5, 5.41) is 3.35. The van der Waals surface area contributed by atoms with Gasteiger partial charge in [-0.05, 0) is 37.2 Å². The first-order valence-corrected chi connectivity index (χ1v) is 7.22. The van der Waals surface area contributed by atoms with Crippen LogP contribution in [0.25, 0.3) is 0 Å². The van der Waals surface area contributed by atoms with Gasteiger partial charge in [0.15, 0.2) is 5.78 Å². The van der Waals surface area contributed by atoms with Gasteiger partial charge in [0.25, 0.3) is 0 Å². The van der Waals surface area contributed by atoms with Crippen LogP contribution in [-0.2, 0) is 11.2 Å². The van der Waals surface area contributed by atoms with E-state index in [0.29, 0.717) is 18.7 Å². The van der Waals surface area contributed by atoms with E-state index in [4.69, 9.17) is 0 Å². The van der Waals surface area contributed by atoms with Crippen LogP contribution >= 0.6 is 15.9 Å². The molecule has 2 rings (SSSR count). The van der Waals surface area contributed by atoms with E-state index in [1.165, 1.54) is 0 Å². The summed E-state index contributed by atoms with van der Waals surface area (Å²) in [6, 6.07) is 7.98. The highest BCUT2D eigenvalue weighted by Gasteiger charge is 2.13. The molecule has 0 radical (unpaired) electrons. The van der Waals surface area contributed by atoms with Gasteiger partial charge in [0, 0.05) is 24.0 Å². The molecule has 1 heterocycles. The zero-order chi connectivity index (χ0) is 12.8. The number of benzene rings is 1. The zero-order valence-corrected chi connectivity index (χ0v) is 12.1. The molecule has 0 saturated carbocycles. The highest BCUT2D eigenvalue weighted by atomic mass is 79.9. The maximum Gasteiger partial charge on any atom is 0.151 e. The second-order valence-electron chi connectivity index (χ2n) is 4.73. The summed E-state index contributed by atoms with van der Waals surface area (Å²) in [7, 11) is 0. The third-order valence-electron chi connectivity index (χ3n) is 3.12. The summed E-state index contributed by atoms with van der Waals surface area (Å²) >= 11 is 3.43. The number of ketones is 1. The Labute approximate surface area is 117 Å². The fourth-order valence-corrected chi connectivity index (χ4v) is 2.69. The predicted molar refractivity (Wildman–Crippen MR) is 76.8 cm³/mol. The normalized spacial score (nSPS) is 17.4. The number of rotatable bonds is 4. The summed E-state index contributed by atoms with van der Waals surface area (Å²) < 4.78 is 1.03. The largest absolute Gasteiger partial charge is 0.315 e. The van der Waals surface area contributed by atoms with Gasteiger partial charge in [-0.1, -0.05) is 28.1 Å². The van der Waals surface area contributed by atoms with Crippen molar-refractivity contribution in [2.24, 2.45) is 0 Å². The van der Waals surface area contributed by atoms with Crippen molar-refractivity contribution in [1.82, 2.24) is 10.2 Å². The van der Waals surface area contributed by atoms with Crippen LogP contribution in [0.3, 0.4) is 0 Å². The summed E-state index contributed by atoms with van der Waals surface area (Å²) in [5.74, 6) is 0.301. The minimum atomic E-state index is 0.301. The second kappa shape index (κ2) is 7.02. The average molecular weight is 311 g/mol. The van der Waals surface area contributed by atoms with Crippen molar-refractivity contribution < 1.29 is 4.79 Å². The van der Waals surface area contributed by atoms with Crippen molar-refractivity contribution in [2.45, 2.75) is 12.8 Å². The Morgan fingerprint density at radius 1 is 1.33 bits per heavy atom. The van der Waals surface area contributed by atoms with Gasteiger partial charge in [0.1, 0.15) is 0 Å². The fraction of sp³-hybridized carbons (Fsp3) is 0.500. The monoisotopic (exact) mass is 310 g/mol. The predicted octanol–water partition coefficient (Wildman–Crippen LogP) is 1.86. The second-order valence-corrected chi connectivity index (χ2v) is 5.64. The Hall–Kier alpha value is -0.710. The summed E-state index contributed by atoms with van der Waals surface area (Å²) in [6.07, 6.45) is 1.66. The maximum atomic E-state index is 12.0. The summed E-state index contributed by atoms with van der Waals surface area (Å²) in [4.78, 5) is 14.3. The molecule has 3 nitrogen and oxygen atoms in total. The van der Waals surface area contributed by atoms with Gasteiger partial charge in [-0.25, -0.2) is 0 Å². The lowest BCUT2D eigenvalue weighted by molar-refractivity contribution is -0.119. The molecule has 98 valence electrons. The maximum absolute atomic E-state index is 12.0. The molecule has 1 aliphatic rings. The third kappa shape index (κ3) is 4.52. The quantitative estimate of drug-likeness (QED) is 0.921. The van der Waals surface area contributed by atoms with Gasteiger partial charge < -0.3 is 5.32 Å². The number of hydrogen-bond acceptors (Lipinski definition) is 3. The van der Waals surface area contributed by atoms with E-state index in [9.17, 15) is 4.79 Å². The third-order valence-corrected chi connectivity index (χ3v) is 3.62. The van der Waals surface area contributed by atoms with Crippen LogP contribution < -0.4 is 5.32 Å². The van der Waals surface area contributed by atoms with Crippen LogP contribution in [0.4, 0.5) is 0 Å². The van der Waals surface area contributed by atoms with Crippen LogP contribution in [0.5, 0.6) is 0 Å². The number of nitrogens with zero attached hydrogens (tertiary/aromatic N) is 1. The molecule has 0 spiro atoms. The molecular weight excluding hydrogens is 292 g/mol. The van der Waals surface area contributed by atoms with Gasteiger partial charge in [-0.2, -0.15) is 0 Å². The first kappa shape index (κ1) is 13.7. The average Bonchev–Trinajstić information content (AvgIpc) is 2.57. The van der Waals surface area contributed by atoms with Gasteiger partial charge in [-0.15, -0.1) is 0 Å². The van der Waals surface area contributed by atoms with E-state index in [2.05, 4.69) is 26.1 Å². The number of halogens is 1. The van der Waals surface area contributed by atoms with Crippen LogP contribution in [0, 0.1) is 0 Å². The lowest BCUT2D eigenvalue weighted by atomic mass is 10.1. The molecule has 0 bridgehead atoms. The molecular formula is C14H19BrN2O. The molecule has 0 atom stereocenters. The van der Waals surface area contributed by atoms with Crippen LogP contribution in [0.1, 0.15) is 12.0 Å². The smallest absolute Gasteiger partial charge is 0.151 e. The highest BCUT2D eigenvalue weighted by Crippen LogP contribution is 2.12. The topological polar surface area (TPSA) is 32.3 Å². The standard InChI is InChI=1S/C14H19BrN2O/c15-13-4-1-3-12(9-13)10-14(18)11-17-7-2-5-16-6-8-17/h1,3-4,9,16H,2,5-8,10-11H2. The molecule has 1 fully saturated rings. The van der Waals surface area contributed by atoms with Gasteiger partial charge >= 0.3 is 0 Å². The fourth-order valence-electron chi connectivity index (χ4n) is 2.24. The van der Waals surface area contributed by atoms with Crippen LogP contribution in [0.2, 0.25) is 0 Å². The van der Waals surface area contributed by atoms with Crippen molar-refractivity contribution >= 4 is 21.7 Å². The summed E-state index contributed by atoms with van der Waals surface area (Å²) in [5.41, 5.74) is 1.09. The molecule has 0 unspecified atom stereocenters. The molecule has 0 amide bonds. The number of carbonyl (C=O) groups excluding carboxylic acids is 1. The lowest BCUT2D eigenvalue weighted by Gasteiger charge is -2.18. The molecule has 1 aromatic carbocycles. The van der Waals surface area contributed by atoms with Crippen molar-refractivity contribution in [3.05, 3.63) is 34.3 Å². The van der Waals surface area contributed by atoms with Gasteiger partial charge in [0.05, 0.1) is 6.54 Å². The minimum Gasteiger partial charge on any atom is -0.315 e. The Kier molecular flexibility index (Phi) is 5.35. The SMILES string of the molecule is O=C(Cc1cccc(Br)c1)CN1CCCNCC1. The Morgan fingerprint density at radius 2 is 2.22 bits per heavy atom. The van der Waals surface area contributed by atoms with Crippen molar-refractivity contribution in [2.75, 3.05) is 32.7 Å². The van der Waals surface area contributed by atoms with Crippen molar-refractivity contribution in [1.29, 1.82) is 0 Å². The van der Waals surface area contributed by atoms with Crippen LogP contribution in [-0.4, -0.2) is 43.4 Å². The Morgan fingerprint density at radius 3 is 3.06 bits per heavy atom. The van der Waals surface area contributed by atoms with Gasteiger partial charge in [-0.3, -0.25) is 9.69 Å². The zero-order valence-electron chi connectivity index (χ0n) is 10.5. The number of nitrogens with one attached hydrogen (secondary N) is 1. The molecule has 0 aliphatic carbocycles. The lowest BCUT2D eigenvalue weighted by Crippen LogP contribution is -2.33. The van der Waals surface area contributed by atoms with E-state index in [1.807, 2.05) is 24.3 Å². The molecule has 1 aromatic rings. The number of Topliss-reactive ketones (excluding diaryl/α,β-unsaturated/α-hetero) is 1.